The predicted octanol–water partition coefficient (Wildman–Crippen LogP) is 0.828. The van der Waals surface area contributed by atoms with Gasteiger partial charge in [-0.15, -0.1) is 0 Å². The molecule has 1 N–H and O–H groups in total. The van der Waals surface area contributed by atoms with Gasteiger partial charge in [0, 0.05) is 6.92 Å². The zero-order valence-electron chi connectivity index (χ0n) is 4.33. The molecule has 0 aliphatic rings. The number of carbonyl (C=O) groups excluding carboxylic acids is 1. The molecule has 8 heavy (non-hydrogen) atoms. The van der Waals surface area contributed by atoms with E-state index in [1.54, 1.807) is 0 Å². The van der Waals surface area contributed by atoms with Crippen molar-refractivity contribution in [1.29, 1.82) is 5.39 Å². The van der Waals surface area contributed by atoms with Crippen LogP contribution < -0.4 is 0 Å². The van der Waals surface area contributed by atoms with E-state index in [0.29, 0.717) is 6.26 Å². The van der Waals surface area contributed by atoms with Crippen LogP contribution in [-0.2, 0) is 4.79 Å². The Hall–Kier alpha value is -1.37. The third-order valence-corrected chi connectivity index (χ3v) is 0.591. The number of diazo groups is 1. The zero-order chi connectivity index (χ0) is 6.57. The summed E-state index contributed by atoms with van der Waals surface area (Å²) in [5, 5.41) is 15.9. The van der Waals surface area contributed by atoms with Crippen LogP contribution >= 0.6 is 0 Å². The lowest BCUT2D eigenvalue weighted by atomic mass is 10.4. The van der Waals surface area contributed by atoms with Crippen molar-refractivity contribution >= 4 is 5.78 Å². The van der Waals surface area contributed by atoms with Crippen molar-refractivity contribution < 1.29 is 9.90 Å². The summed E-state index contributed by atoms with van der Waals surface area (Å²) in [4.78, 5) is 12.6. The maximum absolute atomic E-state index is 10.1. The van der Waals surface area contributed by atoms with Gasteiger partial charge >= 0.3 is 5.70 Å². The molecule has 0 aliphatic carbocycles. The summed E-state index contributed by atoms with van der Waals surface area (Å²) in [5.74, 6) is -0.477. The standard InChI is InChI=1S/C4H4N2O2/c1-3(8)4(2-7)6-5/h2H,1H3/p+1. The first-order valence-electron chi connectivity index (χ1n) is 1.92. The topological polar surface area (TPSA) is 65.4 Å². The fourth-order valence-corrected chi connectivity index (χ4v) is 0.187. The van der Waals surface area contributed by atoms with E-state index in [1.165, 1.54) is 6.92 Å². The molecule has 0 aliphatic heterocycles. The number of nitrogens with zero attached hydrogens (tertiary/aromatic N) is 2. The van der Waals surface area contributed by atoms with Crippen LogP contribution in [0.2, 0.25) is 0 Å². The Morgan fingerprint density at radius 1 is 1.88 bits per heavy atom. The Morgan fingerprint density at radius 2 is 2.38 bits per heavy atom. The van der Waals surface area contributed by atoms with Gasteiger partial charge < -0.3 is 5.11 Å². The minimum absolute atomic E-state index is 0.343. The Labute approximate surface area is 46.1 Å². The summed E-state index contributed by atoms with van der Waals surface area (Å²) >= 11 is 0. The largest absolute Gasteiger partial charge is 0.508 e. The lowest BCUT2D eigenvalue weighted by Crippen LogP contribution is -1.89. The van der Waals surface area contributed by atoms with Gasteiger partial charge in [-0.25, -0.2) is 0 Å². The van der Waals surface area contributed by atoms with Crippen molar-refractivity contribution in [3.63, 3.8) is 0 Å². The molecule has 0 saturated carbocycles. The van der Waals surface area contributed by atoms with Crippen molar-refractivity contribution in [2.45, 2.75) is 6.92 Å². The Bertz CT molecular complexity index is 165. The molecule has 0 atom stereocenters. The molecule has 4 heteroatoms. The number of Topliss-reactive ketones (excluding diaryl/α,β-unsaturated/α-hetero) is 1. The fourth-order valence-electron chi connectivity index (χ4n) is 0.187. The highest BCUT2D eigenvalue weighted by atomic mass is 16.2. The van der Waals surface area contributed by atoms with Gasteiger partial charge in [-0.1, -0.05) is 0 Å². The Morgan fingerprint density at radius 3 is 2.38 bits per heavy atom. The van der Waals surface area contributed by atoms with Crippen LogP contribution in [0.4, 0.5) is 0 Å². The van der Waals surface area contributed by atoms with Gasteiger partial charge in [-0.2, -0.15) is 0 Å². The van der Waals surface area contributed by atoms with Gasteiger partial charge in [-0.05, 0) is 0 Å². The average Bonchev–Trinajstić information content (AvgIpc) is 1.69. The number of hydrogen-bond acceptors (Lipinski definition) is 3. The second-order valence-electron chi connectivity index (χ2n) is 1.17. The van der Waals surface area contributed by atoms with Crippen LogP contribution in [-0.4, -0.2) is 10.9 Å². The zero-order valence-corrected chi connectivity index (χ0v) is 4.33. The van der Waals surface area contributed by atoms with Gasteiger partial charge in [0.2, 0.25) is 5.39 Å². The summed E-state index contributed by atoms with van der Waals surface area (Å²) in [7, 11) is 0. The van der Waals surface area contributed by atoms with E-state index in [9.17, 15) is 4.79 Å². The summed E-state index contributed by atoms with van der Waals surface area (Å²) in [5.41, 5.74) is -0.343. The van der Waals surface area contributed by atoms with Gasteiger partial charge in [0.05, 0.1) is 0 Å². The van der Waals surface area contributed by atoms with E-state index in [2.05, 4.69) is 4.98 Å². The molecule has 0 radical (unpaired) electrons. The van der Waals surface area contributed by atoms with E-state index in [1.807, 2.05) is 0 Å². The lowest BCUT2D eigenvalue weighted by molar-refractivity contribution is -0.113. The van der Waals surface area contributed by atoms with E-state index in [4.69, 9.17) is 10.5 Å². The Balaban J connectivity index is 4.20. The molecule has 0 aromatic heterocycles. The molecule has 0 bridgehead atoms. The highest BCUT2D eigenvalue weighted by Crippen LogP contribution is 1.93. The molecular formula is C4H5N2O2+. The molecule has 0 aromatic carbocycles. The molecule has 0 fully saturated rings. The number of aliphatic hydroxyl groups excluding tert-OH is 1. The van der Waals surface area contributed by atoms with Crippen molar-refractivity contribution in [1.82, 2.24) is 0 Å². The summed E-state index contributed by atoms with van der Waals surface area (Å²) in [6, 6.07) is 0. The molecule has 0 unspecified atom stereocenters. The first-order valence-corrected chi connectivity index (χ1v) is 1.92. The second kappa shape index (κ2) is 2.75. The van der Waals surface area contributed by atoms with Crippen LogP contribution in [0.1, 0.15) is 6.92 Å². The molecule has 0 amide bonds. The molecule has 0 heterocycles. The van der Waals surface area contributed by atoms with E-state index in [0.717, 1.165) is 0 Å². The van der Waals surface area contributed by atoms with Crippen LogP contribution in [0.25, 0.3) is 4.98 Å². The maximum Gasteiger partial charge on any atom is 0.460 e. The molecular weight excluding hydrogens is 108 g/mol. The fraction of sp³-hybridized carbons (Fsp3) is 0.250. The highest BCUT2D eigenvalue weighted by Gasteiger charge is 2.15. The molecule has 42 valence electrons. The highest BCUT2D eigenvalue weighted by molar-refractivity contribution is 5.94. The van der Waals surface area contributed by atoms with Crippen molar-refractivity contribution in [3.8, 4) is 0 Å². The smallest absolute Gasteiger partial charge is 0.460 e. The minimum atomic E-state index is -0.477. The SMILES string of the molecule is CC(=O)/C(=C\O)[N+]#N. The van der Waals surface area contributed by atoms with Crippen LogP contribution in [0.15, 0.2) is 12.0 Å². The molecule has 0 aromatic rings. The van der Waals surface area contributed by atoms with E-state index in [-0.39, 0.29) is 5.70 Å². The minimum Gasteiger partial charge on any atom is -0.508 e. The molecule has 4 nitrogen and oxygen atoms in total. The molecule has 0 rings (SSSR count). The number of rotatable bonds is 1. The number of aliphatic hydroxyl groups is 1. The number of hydrogen-bond donors (Lipinski definition) is 1. The number of allylic oxidation sites excluding steroid dienone is 1. The van der Waals surface area contributed by atoms with Crippen molar-refractivity contribution in [2.24, 2.45) is 0 Å². The predicted molar refractivity (Wildman–Crippen MR) is 26.5 cm³/mol. The average molecular weight is 113 g/mol. The molecule has 0 saturated heterocycles. The van der Waals surface area contributed by atoms with Crippen molar-refractivity contribution in [3.05, 3.63) is 16.9 Å². The third-order valence-electron chi connectivity index (χ3n) is 0.591. The quantitative estimate of drug-likeness (QED) is 0.311. The van der Waals surface area contributed by atoms with E-state index >= 15 is 0 Å². The number of ketones is 1. The van der Waals surface area contributed by atoms with E-state index < -0.39 is 5.78 Å². The second-order valence-corrected chi connectivity index (χ2v) is 1.17. The normalized spacial score (nSPS) is 10.2. The first-order chi connectivity index (χ1) is 3.72. The summed E-state index contributed by atoms with van der Waals surface area (Å²) in [6.07, 6.45) is 0.447. The summed E-state index contributed by atoms with van der Waals surface area (Å²) < 4.78 is 0. The van der Waals surface area contributed by atoms with Gasteiger partial charge in [0.15, 0.2) is 11.2 Å². The van der Waals surface area contributed by atoms with Crippen LogP contribution in [0, 0.1) is 5.39 Å². The molecule has 0 spiro atoms. The van der Waals surface area contributed by atoms with Crippen molar-refractivity contribution in [2.75, 3.05) is 0 Å². The maximum atomic E-state index is 10.1. The first kappa shape index (κ1) is 6.63. The number of carbonyl (C=O) groups is 1. The monoisotopic (exact) mass is 113 g/mol. The van der Waals surface area contributed by atoms with Gasteiger partial charge in [0.1, 0.15) is 0 Å². The van der Waals surface area contributed by atoms with Crippen LogP contribution in [0.5, 0.6) is 0 Å². The van der Waals surface area contributed by atoms with Gasteiger partial charge in [-0.3, -0.25) is 4.79 Å². The summed E-state index contributed by atoms with van der Waals surface area (Å²) in [6.45, 7) is 1.18. The van der Waals surface area contributed by atoms with Gasteiger partial charge in [0.25, 0.3) is 5.78 Å². The third kappa shape index (κ3) is 1.39. The van der Waals surface area contributed by atoms with Crippen LogP contribution in [0.3, 0.4) is 0 Å². The lowest BCUT2D eigenvalue weighted by Gasteiger charge is -1.67. The Kier molecular flexibility index (Phi) is 2.28.